The molecule has 1 saturated heterocycles. The fourth-order valence-corrected chi connectivity index (χ4v) is 2.34. The van der Waals surface area contributed by atoms with Crippen LogP contribution < -0.4 is 9.47 Å². The molecule has 0 radical (unpaired) electrons. The largest absolute Gasteiger partial charge is 0.493 e. The molecule has 1 aliphatic rings. The summed E-state index contributed by atoms with van der Waals surface area (Å²) >= 11 is 0. The van der Waals surface area contributed by atoms with Gasteiger partial charge in [0.25, 0.3) is 0 Å². The molecule has 5 atom stereocenters. The Morgan fingerprint density at radius 1 is 1.20 bits per heavy atom. The molecular formula is C16H20O9. The van der Waals surface area contributed by atoms with Crippen LogP contribution in [0.5, 0.6) is 11.5 Å². The lowest BCUT2D eigenvalue weighted by Crippen LogP contribution is -2.60. The van der Waals surface area contributed by atoms with E-state index in [1.807, 2.05) is 0 Å². The lowest BCUT2D eigenvalue weighted by Gasteiger charge is -2.39. The molecule has 1 aromatic carbocycles. The third-order valence-corrected chi connectivity index (χ3v) is 3.70. The number of hydrogen-bond acceptors (Lipinski definition) is 8. The number of ether oxygens (including phenoxy) is 3. The summed E-state index contributed by atoms with van der Waals surface area (Å²) in [4.78, 5) is 10.6. The number of rotatable bonds is 6. The Balaban J connectivity index is 2.19. The van der Waals surface area contributed by atoms with Gasteiger partial charge in [0.15, 0.2) is 11.5 Å². The Morgan fingerprint density at radius 2 is 1.92 bits per heavy atom. The van der Waals surface area contributed by atoms with Gasteiger partial charge in [-0.25, -0.2) is 4.79 Å². The Kier molecular flexibility index (Phi) is 6.34. The van der Waals surface area contributed by atoms with Crippen LogP contribution in [0.1, 0.15) is 5.56 Å². The summed E-state index contributed by atoms with van der Waals surface area (Å²) in [5.41, 5.74) is 0.542. The SMILES string of the molecule is COc1cc(/C=C\C(=O)O)ccc1O[C@@H]1O[C@H](CO)[C@H](O)[C@H](O)[C@H]1O. The Labute approximate surface area is 143 Å². The Bertz CT molecular complexity index is 628. The van der Waals surface area contributed by atoms with E-state index < -0.39 is 43.3 Å². The summed E-state index contributed by atoms with van der Waals surface area (Å²) in [6, 6.07) is 4.54. The van der Waals surface area contributed by atoms with E-state index in [1.165, 1.54) is 25.3 Å². The van der Waals surface area contributed by atoms with Crippen LogP contribution in [-0.4, -0.2) is 75.9 Å². The number of aliphatic hydroxyl groups excluding tert-OH is 4. The summed E-state index contributed by atoms with van der Waals surface area (Å²) < 4.78 is 15.9. The number of methoxy groups -OCH3 is 1. The molecule has 0 saturated carbocycles. The van der Waals surface area contributed by atoms with E-state index in [2.05, 4.69) is 0 Å². The number of carboxylic acids is 1. The van der Waals surface area contributed by atoms with Crippen LogP contribution in [0.2, 0.25) is 0 Å². The van der Waals surface area contributed by atoms with Gasteiger partial charge in [-0.2, -0.15) is 0 Å². The molecule has 25 heavy (non-hydrogen) atoms. The molecule has 9 heteroatoms. The van der Waals surface area contributed by atoms with E-state index in [0.717, 1.165) is 6.08 Å². The van der Waals surface area contributed by atoms with Gasteiger partial charge in [-0.3, -0.25) is 0 Å². The molecule has 9 nitrogen and oxygen atoms in total. The second-order valence-electron chi connectivity index (χ2n) is 5.40. The van der Waals surface area contributed by atoms with E-state index >= 15 is 0 Å². The van der Waals surface area contributed by atoms with Crippen molar-refractivity contribution < 1.29 is 44.5 Å². The molecule has 5 N–H and O–H groups in total. The standard InChI is InChI=1S/C16H20O9/c1-23-10-6-8(3-5-12(18)19)2-4-9(10)24-16-15(22)14(21)13(20)11(7-17)25-16/h2-6,11,13-17,20-22H,7H2,1H3,(H,18,19)/b5-3-/t11-,13+,14+,15-,16-/m1/s1. The van der Waals surface area contributed by atoms with Gasteiger partial charge in [-0.05, 0) is 23.8 Å². The van der Waals surface area contributed by atoms with E-state index in [1.54, 1.807) is 6.07 Å². The van der Waals surface area contributed by atoms with E-state index in [9.17, 15) is 25.2 Å². The minimum Gasteiger partial charge on any atom is -0.493 e. The maximum Gasteiger partial charge on any atom is 0.328 e. The minimum absolute atomic E-state index is 0.166. The normalized spacial score (nSPS) is 29.6. The lowest BCUT2D eigenvalue weighted by molar-refractivity contribution is -0.277. The predicted octanol–water partition coefficient (Wildman–Crippen LogP) is -1.03. The maximum atomic E-state index is 10.6. The molecule has 2 rings (SSSR count). The fraction of sp³-hybridized carbons (Fsp3) is 0.438. The second-order valence-corrected chi connectivity index (χ2v) is 5.40. The number of aliphatic carboxylic acids is 1. The summed E-state index contributed by atoms with van der Waals surface area (Å²) in [6.45, 7) is -0.569. The van der Waals surface area contributed by atoms with Crippen molar-refractivity contribution >= 4 is 12.0 Å². The molecule has 0 unspecified atom stereocenters. The van der Waals surface area contributed by atoms with Crippen molar-refractivity contribution in [2.75, 3.05) is 13.7 Å². The minimum atomic E-state index is -1.56. The van der Waals surface area contributed by atoms with Crippen molar-refractivity contribution in [3.63, 3.8) is 0 Å². The first kappa shape index (κ1) is 19.2. The van der Waals surface area contributed by atoms with Crippen LogP contribution in [0.3, 0.4) is 0 Å². The smallest absolute Gasteiger partial charge is 0.328 e. The zero-order chi connectivity index (χ0) is 18.6. The summed E-state index contributed by atoms with van der Waals surface area (Å²) in [5.74, 6) is -0.690. The van der Waals surface area contributed by atoms with Crippen molar-refractivity contribution in [3.05, 3.63) is 29.8 Å². The quantitative estimate of drug-likeness (QED) is 0.404. The van der Waals surface area contributed by atoms with Crippen molar-refractivity contribution in [3.8, 4) is 11.5 Å². The zero-order valence-electron chi connectivity index (χ0n) is 13.3. The molecule has 0 bridgehead atoms. The van der Waals surface area contributed by atoms with Gasteiger partial charge in [-0.1, -0.05) is 6.07 Å². The van der Waals surface area contributed by atoms with Gasteiger partial charge in [0.2, 0.25) is 6.29 Å². The zero-order valence-corrected chi connectivity index (χ0v) is 13.3. The molecule has 0 amide bonds. The molecule has 0 aliphatic carbocycles. The van der Waals surface area contributed by atoms with Crippen LogP contribution in [0.25, 0.3) is 6.08 Å². The van der Waals surface area contributed by atoms with Crippen LogP contribution in [0, 0.1) is 0 Å². The average molecular weight is 356 g/mol. The molecule has 0 spiro atoms. The van der Waals surface area contributed by atoms with E-state index in [-0.39, 0.29) is 11.5 Å². The van der Waals surface area contributed by atoms with Crippen LogP contribution in [0.4, 0.5) is 0 Å². The summed E-state index contributed by atoms with van der Waals surface area (Å²) in [7, 11) is 1.38. The number of hydrogen-bond donors (Lipinski definition) is 5. The summed E-state index contributed by atoms with van der Waals surface area (Å²) in [6.07, 6.45) is -4.69. The van der Waals surface area contributed by atoms with Crippen molar-refractivity contribution in [2.45, 2.75) is 30.7 Å². The highest BCUT2D eigenvalue weighted by atomic mass is 16.7. The van der Waals surface area contributed by atoms with Crippen LogP contribution >= 0.6 is 0 Å². The monoisotopic (exact) mass is 356 g/mol. The van der Waals surface area contributed by atoms with E-state index in [0.29, 0.717) is 5.56 Å². The third kappa shape index (κ3) is 4.47. The maximum absolute atomic E-state index is 10.6. The van der Waals surface area contributed by atoms with Gasteiger partial charge in [-0.15, -0.1) is 0 Å². The highest BCUT2D eigenvalue weighted by molar-refractivity contribution is 5.85. The first-order chi connectivity index (χ1) is 11.9. The van der Waals surface area contributed by atoms with Crippen molar-refractivity contribution in [2.24, 2.45) is 0 Å². The number of carbonyl (C=O) groups is 1. The van der Waals surface area contributed by atoms with Crippen LogP contribution in [0.15, 0.2) is 24.3 Å². The summed E-state index contributed by atoms with van der Waals surface area (Å²) in [5, 5.41) is 47.3. The lowest BCUT2D eigenvalue weighted by atomic mass is 9.99. The first-order valence-corrected chi connectivity index (χ1v) is 7.43. The van der Waals surface area contributed by atoms with Gasteiger partial charge < -0.3 is 39.7 Å². The Morgan fingerprint density at radius 3 is 2.52 bits per heavy atom. The second kappa shape index (κ2) is 8.28. The molecule has 138 valence electrons. The average Bonchev–Trinajstić information content (AvgIpc) is 2.60. The van der Waals surface area contributed by atoms with Gasteiger partial charge in [0.05, 0.1) is 13.7 Å². The number of benzene rings is 1. The molecule has 1 fully saturated rings. The van der Waals surface area contributed by atoms with E-state index in [4.69, 9.17) is 19.3 Å². The molecular weight excluding hydrogens is 336 g/mol. The van der Waals surface area contributed by atoms with Crippen molar-refractivity contribution in [1.82, 2.24) is 0 Å². The van der Waals surface area contributed by atoms with Gasteiger partial charge >= 0.3 is 5.97 Å². The topological polar surface area (TPSA) is 146 Å². The molecule has 1 aliphatic heterocycles. The fourth-order valence-electron chi connectivity index (χ4n) is 2.34. The van der Waals surface area contributed by atoms with Crippen LogP contribution in [-0.2, 0) is 9.53 Å². The highest BCUT2D eigenvalue weighted by Gasteiger charge is 2.44. The third-order valence-electron chi connectivity index (χ3n) is 3.70. The highest BCUT2D eigenvalue weighted by Crippen LogP contribution is 2.32. The predicted molar refractivity (Wildman–Crippen MR) is 84.1 cm³/mol. The van der Waals surface area contributed by atoms with Crippen molar-refractivity contribution in [1.29, 1.82) is 0 Å². The number of aliphatic hydroxyl groups is 4. The first-order valence-electron chi connectivity index (χ1n) is 7.43. The van der Waals surface area contributed by atoms with Gasteiger partial charge in [0.1, 0.15) is 24.4 Å². The molecule has 0 aromatic heterocycles. The Hall–Kier alpha value is -2.17. The molecule has 1 aromatic rings. The number of carboxylic acid groups (broad SMARTS) is 1. The molecule has 1 heterocycles. The van der Waals surface area contributed by atoms with Gasteiger partial charge in [0, 0.05) is 6.08 Å².